The highest BCUT2D eigenvalue weighted by molar-refractivity contribution is 6.18. The Labute approximate surface area is 125 Å². The molecule has 0 aromatic heterocycles. The molecule has 6 heteroatoms. The highest BCUT2D eigenvalue weighted by atomic mass is 35.5. The van der Waals surface area contributed by atoms with Crippen LogP contribution < -0.4 is 0 Å². The number of hydrogen-bond donors (Lipinski definition) is 0. The SMILES string of the molecule is COC(=O)C1(CCCl)CCCCN1C(=O)OC(C)(C)C. The lowest BCUT2D eigenvalue weighted by atomic mass is 9.84. The number of methoxy groups -OCH3 is 1. The van der Waals surface area contributed by atoms with E-state index in [4.69, 9.17) is 21.1 Å². The topological polar surface area (TPSA) is 55.8 Å². The minimum Gasteiger partial charge on any atom is -0.467 e. The van der Waals surface area contributed by atoms with Crippen molar-refractivity contribution in [3.05, 3.63) is 0 Å². The second-order valence-corrected chi connectivity index (χ2v) is 6.43. The third-order valence-corrected chi connectivity index (χ3v) is 3.62. The lowest BCUT2D eigenvalue weighted by Gasteiger charge is -2.44. The summed E-state index contributed by atoms with van der Waals surface area (Å²) in [6.45, 7) is 5.89. The molecule has 0 aromatic rings. The lowest BCUT2D eigenvalue weighted by Crippen LogP contribution is -2.60. The van der Waals surface area contributed by atoms with Gasteiger partial charge < -0.3 is 9.47 Å². The van der Waals surface area contributed by atoms with Crippen LogP contribution in [0.2, 0.25) is 0 Å². The van der Waals surface area contributed by atoms with Crippen molar-refractivity contribution >= 4 is 23.7 Å². The molecule has 1 atom stereocenters. The van der Waals surface area contributed by atoms with Crippen molar-refractivity contribution < 1.29 is 19.1 Å². The fraction of sp³-hybridized carbons (Fsp3) is 0.857. The van der Waals surface area contributed by atoms with Crippen LogP contribution in [0, 0.1) is 0 Å². The quantitative estimate of drug-likeness (QED) is 0.594. The zero-order valence-corrected chi connectivity index (χ0v) is 13.5. The molecule has 0 spiro atoms. The Bertz CT molecular complexity index is 363. The molecule has 1 fully saturated rings. The number of amides is 1. The normalized spacial score (nSPS) is 23.4. The van der Waals surface area contributed by atoms with Gasteiger partial charge >= 0.3 is 12.1 Å². The fourth-order valence-electron chi connectivity index (χ4n) is 2.54. The Morgan fingerprint density at radius 3 is 2.45 bits per heavy atom. The molecule has 116 valence electrons. The first kappa shape index (κ1) is 17.1. The summed E-state index contributed by atoms with van der Waals surface area (Å²) in [5.74, 6) is -0.127. The monoisotopic (exact) mass is 305 g/mol. The number of nitrogens with zero attached hydrogens (tertiary/aromatic N) is 1. The van der Waals surface area contributed by atoms with E-state index in [1.165, 1.54) is 12.0 Å². The third kappa shape index (κ3) is 3.78. The zero-order chi connectivity index (χ0) is 15.4. The lowest BCUT2D eigenvalue weighted by molar-refractivity contribution is -0.157. The maximum atomic E-state index is 12.4. The van der Waals surface area contributed by atoms with E-state index < -0.39 is 23.2 Å². The van der Waals surface area contributed by atoms with Crippen molar-refractivity contribution in [3.8, 4) is 0 Å². The maximum absolute atomic E-state index is 12.4. The second-order valence-electron chi connectivity index (χ2n) is 6.05. The van der Waals surface area contributed by atoms with Gasteiger partial charge in [-0.05, 0) is 46.5 Å². The Balaban J connectivity index is 3.04. The number of ether oxygens (including phenoxy) is 2. The summed E-state index contributed by atoms with van der Waals surface area (Å²) in [4.78, 5) is 26.1. The van der Waals surface area contributed by atoms with E-state index in [-0.39, 0.29) is 5.88 Å². The molecule has 1 amide bonds. The van der Waals surface area contributed by atoms with Gasteiger partial charge in [-0.25, -0.2) is 9.59 Å². The van der Waals surface area contributed by atoms with Crippen molar-refractivity contribution in [3.63, 3.8) is 0 Å². The summed E-state index contributed by atoms with van der Waals surface area (Å²) >= 11 is 5.84. The molecular formula is C14H24ClNO4. The average molecular weight is 306 g/mol. The highest BCUT2D eigenvalue weighted by Gasteiger charge is 2.49. The van der Waals surface area contributed by atoms with Crippen molar-refractivity contribution in [2.24, 2.45) is 0 Å². The minimum atomic E-state index is -0.989. The molecule has 1 aliphatic rings. The first-order valence-electron chi connectivity index (χ1n) is 6.92. The smallest absolute Gasteiger partial charge is 0.411 e. The molecule has 1 saturated heterocycles. The Morgan fingerprint density at radius 2 is 1.95 bits per heavy atom. The van der Waals surface area contributed by atoms with Crippen molar-refractivity contribution in [2.75, 3.05) is 19.5 Å². The largest absolute Gasteiger partial charge is 0.467 e. The first-order chi connectivity index (χ1) is 9.27. The summed E-state index contributed by atoms with van der Waals surface area (Å²) < 4.78 is 10.3. The van der Waals surface area contributed by atoms with E-state index in [2.05, 4.69) is 0 Å². The molecule has 1 rings (SSSR count). The van der Waals surface area contributed by atoms with E-state index in [1.807, 2.05) is 0 Å². The summed E-state index contributed by atoms with van der Waals surface area (Å²) in [6.07, 6.45) is 2.17. The molecule has 0 aromatic carbocycles. The number of rotatable bonds is 3. The Hall–Kier alpha value is -0.970. The van der Waals surface area contributed by atoms with Crippen LogP contribution >= 0.6 is 11.6 Å². The van der Waals surface area contributed by atoms with Gasteiger partial charge in [0.1, 0.15) is 11.1 Å². The number of piperidine rings is 1. The standard InChI is InChI=1S/C14H24ClNO4/c1-13(2,3)20-12(18)16-10-6-5-7-14(16,8-9-15)11(17)19-4/h5-10H2,1-4H3. The van der Waals surface area contributed by atoms with Crippen molar-refractivity contribution in [1.82, 2.24) is 4.90 Å². The van der Waals surface area contributed by atoms with Gasteiger partial charge in [-0.3, -0.25) is 4.90 Å². The van der Waals surface area contributed by atoms with Crippen LogP contribution in [0.4, 0.5) is 4.79 Å². The van der Waals surface area contributed by atoms with Crippen LogP contribution in [0.5, 0.6) is 0 Å². The van der Waals surface area contributed by atoms with Gasteiger partial charge in [0, 0.05) is 12.4 Å². The van der Waals surface area contributed by atoms with E-state index in [0.29, 0.717) is 19.4 Å². The Morgan fingerprint density at radius 1 is 1.30 bits per heavy atom. The first-order valence-corrected chi connectivity index (χ1v) is 7.45. The molecule has 1 aliphatic heterocycles. The number of alkyl halides is 1. The van der Waals surface area contributed by atoms with Crippen LogP contribution in [0.3, 0.4) is 0 Å². The number of esters is 1. The van der Waals surface area contributed by atoms with E-state index in [0.717, 1.165) is 12.8 Å². The maximum Gasteiger partial charge on any atom is 0.411 e. The summed E-state index contributed by atoms with van der Waals surface area (Å²) in [5, 5.41) is 0. The van der Waals surface area contributed by atoms with Crippen molar-refractivity contribution in [2.45, 2.75) is 57.6 Å². The molecule has 0 radical (unpaired) electrons. The predicted octanol–water partition coefficient (Wildman–Crippen LogP) is 2.95. The number of carbonyl (C=O) groups excluding carboxylic acids is 2. The van der Waals surface area contributed by atoms with Crippen LogP contribution in [0.25, 0.3) is 0 Å². The average Bonchev–Trinajstić information content (AvgIpc) is 2.36. The van der Waals surface area contributed by atoms with Crippen LogP contribution in [-0.4, -0.2) is 47.6 Å². The predicted molar refractivity (Wildman–Crippen MR) is 76.9 cm³/mol. The van der Waals surface area contributed by atoms with Gasteiger partial charge in [-0.1, -0.05) is 0 Å². The molecular weight excluding hydrogens is 282 g/mol. The van der Waals surface area contributed by atoms with E-state index in [1.54, 1.807) is 20.8 Å². The fourth-order valence-corrected chi connectivity index (χ4v) is 2.85. The van der Waals surface area contributed by atoms with Gasteiger partial charge in [0.05, 0.1) is 7.11 Å². The van der Waals surface area contributed by atoms with Gasteiger partial charge in [0.25, 0.3) is 0 Å². The second kappa shape index (κ2) is 6.66. The molecule has 1 heterocycles. The van der Waals surface area contributed by atoms with Gasteiger partial charge in [0.15, 0.2) is 0 Å². The number of carbonyl (C=O) groups is 2. The molecule has 0 N–H and O–H groups in total. The molecule has 0 aliphatic carbocycles. The van der Waals surface area contributed by atoms with Gasteiger partial charge in [-0.15, -0.1) is 11.6 Å². The summed E-state index contributed by atoms with van der Waals surface area (Å²) in [5.41, 5.74) is -1.59. The molecule has 1 unspecified atom stereocenters. The van der Waals surface area contributed by atoms with Crippen LogP contribution in [0.15, 0.2) is 0 Å². The zero-order valence-electron chi connectivity index (χ0n) is 12.7. The number of halogens is 1. The van der Waals surface area contributed by atoms with Gasteiger partial charge in [-0.2, -0.15) is 0 Å². The van der Waals surface area contributed by atoms with Crippen molar-refractivity contribution in [1.29, 1.82) is 0 Å². The third-order valence-electron chi connectivity index (χ3n) is 3.43. The summed E-state index contributed by atoms with van der Waals surface area (Å²) in [7, 11) is 1.33. The van der Waals surface area contributed by atoms with Gasteiger partial charge in [0.2, 0.25) is 0 Å². The van der Waals surface area contributed by atoms with E-state index in [9.17, 15) is 9.59 Å². The molecule has 0 saturated carbocycles. The molecule has 5 nitrogen and oxygen atoms in total. The number of hydrogen-bond acceptors (Lipinski definition) is 4. The van der Waals surface area contributed by atoms with E-state index >= 15 is 0 Å². The highest BCUT2D eigenvalue weighted by Crippen LogP contribution is 2.34. The minimum absolute atomic E-state index is 0.286. The van der Waals surface area contributed by atoms with Crippen LogP contribution in [-0.2, 0) is 14.3 Å². The molecule has 0 bridgehead atoms. The number of likely N-dealkylation sites (tertiary alicyclic amines) is 1. The molecule has 20 heavy (non-hydrogen) atoms. The Kier molecular flexibility index (Phi) is 5.68. The van der Waals surface area contributed by atoms with Crippen LogP contribution in [0.1, 0.15) is 46.5 Å². The summed E-state index contributed by atoms with van der Waals surface area (Å²) in [6, 6.07) is 0.